The topological polar surface area (TPSA) is 81.8 Å². The van der Waals surface area contributed by atoms with Crippen LogP contribution < -0.4 is 14.9 Å². The minimum Gasteiger partial charge on any atom is -0.373 e. The maximum Gasteiger partial charge on any atom is 0.246 e. The van der Waals surface area contributed by atoms with E-state index in [2.05, 4.69) is 26.4 Å². The van der Waals surface area contributed by atoms with Crippen LogP contribution in [-0.2, 0) is 14.8 Å². The first-order valence-corrected chi connectivity index (χ1v) is 11.4. The van der Waals surface area contributed by atoms with E-state index in [0.717, 1.165) is 24.2 Å². The first kappa shape index (κ1) is 23.9. The lowest BCUT2D eigenvalue weighted by Crippen LogP contribution is -2.30. The van der Waals surface area contributed by atoms with Crippen molar-refractivity contribution in [1.82, 2.24) is 14.9 Å². The molecule has 0 fully saturated rings. The molecule has 0 heterocycles. The van der Waals surface area contributed by atoms with Gasteiger partial charge in [0.2, 0.25) is 15.9 Å². The number of hydrogen-bond acceptors (Lipinski definition) is 5. The second-order valence-corrected chi connectivity index (χ2v) is 9.38. The molecule has 0 aromatic heterocycles. The van der Waals surface area contributed by atoms with Gasteiger partial charge in [0, 0.05) is 55.3 Å². The van der Waals surface area contributed by atoms with Crippen molar-refractivity contribution in [3.05, 3.63) is 48.6 Å². The van der Waals surface area contributed by atoms with Crippen molar-refractivity contribution in [1.29, 1.82) is 0 Å². The molecular weight excluding hydrogens is 400 g/mol. The third kappa shape index (κ3) is 6.29. The summed E-state index contributed by atoms with van der Waals surface area (Å²) in [6, 6.07) is 11.1. The normalized spacial score (nSPS) is 11.6. The zero-order valence-electron chi connectivity index (χ0n) is 18.2. The molecular formula is C22H32N4O3S. The van der Waals surface area contributed by atoms with Crippen LogP contribution in [0.5, 0.6) is 0 Å². The van der Waals surface area contributed by atoms with Gasteiger partial charge in [-0.3, -0.25) is 4.79 Å². The van der Waals surface area contributed by atoms with E-state index in [1.54, 1.807) is 19.1 Å². The highest BCUT2D eigenvalue weighted by molar-refractivity contribution is 7.89. The van der Waals surface area contributed by atoms with Crippen LogP contribution in [0.1, 0.15) is 13.3 Å². The van der Waals surface area contributed by atoms with E-state index in [9.17, 15) is 13.2 Å². The molecule has 8 heteroatoms. The summed E-state index contributed by atoms with van der Waals surface area (Å²) in [4.78, 5) is 16.0. The van der Waals surface area contributed by atoms with E-state index in [-0.39, 0.29) is 17.3 Å². The molecule has 0 aliphatic rings. The Kier molecular flexibility index (Phi) is 8.40. The van der Waals surface area contributed by atoms with Crippen LogP contribution in [0.2, 0.25) is 0 Å². The zero-order chi connectivity index (χ0) is 22.3. The Balaban J connectivity index is 2.15. The molecule has 0 saturated heterocycles. The van der Waals surface area contributed by atoms with Gasteiger partial charge < -0.3 is 15.1 Å². The number of nitrogens with one attached hydrogen (secondary N) is 2. The predicted octanol–water partition coefficient (Wildman–Crippen LogP) is 2.20. The maximum absolute atomic E-state index is 12.9. The lowest BCUT2D eigenvalue weighted by Gasteiger charge is -2.23. The van der Waals surface area contributed by atoms with E-state index in [1.807, 2.05) is 45.4 Å². The highest BCUT2D eigenvalue weighted by Crippen LogP contribution is 2.30. The smallest absolute Gasteiger partial charge is 0.246 e. The highest BCUT2D eigenvalue weighted by Gasteiger charge is 2.18. The van der Waals surface area contributed by atoms with Gasteiger partial charge in [-0.25, -0.2) is 13.1 Å². The van der Waals surface area contributed by atoms with Crippen molar-refractivity contribution in [2.24, 2.45) is 0 Å². The van der Waals surface area contributed by atoms with Crippen LogP contribution in [0.15, 0.2) is 53.4 Å². The molecule has 0 atom stereocenters. The molecule has 0 unspecified atom stereocenters. The number of rotatable bonds is 11. The van der Waals surface area contributed by atoms with Gasteiger partial charge in [-0.1, -0.05) is 30.8 Å². The van der Waals surface area contributed by atoms with Crippen molar-refractivity contribution >= 4 is 32.4 Å². The number of fused-ring (bicyclic) bond motifs is 1. The van der Waals surface area contributed by atoms with Gasteiger partial charge in [-0.15, -0.1) is 0 Å². The SMILES string of the molecule is C=C(C)C(=O)NCCCNS(=O)(=O)c1cccc2c(N(C)CCN(C)C)cccc12. The van der Waals surface area contributed by atoms with Gasteiger partial charge in [0.15, 0.2) is 0 Å². The first-order chi connectivity index (χ1) is 14.1. The van der Waals surface area contributed by atoms with Crippen LogP contribution >= 0.6 is 0 Å². The molecule has 0 saturated carbocycles. The second kappa shape index (κ2) is 10.6. The molecule has 2 rings (SSSR count). The molecule has 164 valence electrons. The van der Waals surface area contributed by atoms with Crippen LogP contribution in [-0.4, -0.2) is 66.5 Å². The largest absolute Gasteiger partial charge is 0.373 e. The van der Waals surface area contributed by atoms with Crippen LogP contribution in [0.3, 0.4) is 0 Å². The number of carbonyl (C=O) groups is 1. The summed E-state index contributed by atoms with van der Waals surface area (Å²) in [6.07, 6.45) is 0.488. The van der Waals surface area contributed by atoms with Crippen molar-refractivity contribution in [3.8, 4) is 0 Å². The predicted molar refractivity (Wildman–Crippen MR) is 123 cm³/mol. The summed E-state index contributed by atoms with van der Waals surface area (Å²) >= 11 is 0. The summed E-state index contributed by atoms with van der Waals surface area (Å²) in [5.74, 6) is -0.224. The molecule has 30 heavy (non-hydrogen) atoms. The fraction of sp³-hybridized carbons (Fsp3) is 0.409. The Morgan fingerprint density at radius 3 is 2.33 bits per heavy atom. The van der Waals surface area contributed by atoms with Gasteiger partial charge in [0.25, 0.3) is 0 Å². The molecule has 0 spiro atoms. The molecule has 0 aliphatic heterocycles. The Hall–Kier alpha value is -2.42. The minimum atomic E-state index is -3.68. The summed E-state index contributed by atoms with van der Waals surface area (Å²) in [5.41, 5.74) is 1.42. The summed E-state index contributed by atoms with van der Waals surface area (Å²) in [6.45, 7) is 7.54. The Bertz CT molecular complexity index is 1000. The lowest BCUT2D eigenvalue weighted by atomic mass is 10.1. The zero-order valence-corrected chi connectivity index (χ0v) is 19.1. The molecule has 0 radical (unpaired) electrons. The average Bonchev–Trinajstić information content (AvgIpc) is 2.70. The van der Waals surface area contributed by atoms with E-state index in [4.69, 9.17) is 0 Å². The van der Waals surface area contributed by atoms with Crippen molar-refractivity contribution in [2.75, 3.05) is 52.2 Å². The van der Waals surface area contributed by atoms with Crippen LogP contribution in [0.4, 0.5) is 5.69 Å². The van der Waals surface area contributed by atoms with E-state index in [0.29, 0.717) is 23.9 Å². The number of nitrogens with zero attached hydrogens (tertiary/aromatic N) is 2. The number of amides is 1. The number of sulfonamides is 1. The number of hydrogen-bond donors (Lipinski definition) is 2. The number of anilines is 1. The molecule has 0 aliphatic carbocycles. The molecule has 1 amide bonds. The average molecular weight is 433 g/mol. The number of likely N-dealkylation sites (N-methyl/N-ethyl adjacent to an activating group) is 2. The van der Waals surface area contributed by atoms with Crippen molar-refractivity contribution in [2.45, 2.75) is 18.2 Å². The fourth-order valence-corrected chi connectivity index (χ4v) is 4.32. The minimum absolute atomic E-state index is 0.224. The Morgan fingerprint density at radius 1 is 1.00 bits per heavy atom. The molecule has 0 bridgehead atoms. The summed E-state index contributed by atoms with van der Waals surface area (Å²) in [5, 5.41) is 4.28. The number of benzene rings is 2. The summed E-state index contributed by atoms with van der Waals surface area (Å²) in [7, 11) is 2.38. The second-order valence-electron chi connectivity index (χ2n) is 7.64. The highest BCUT2D eigenvalue weighted by atomic mass is 32.2. The van der Waals surface area contributed by atoms with Gasteiger partial charge in [-0.2, -0.15) is 0 Å². The monoisotopic (exact) mass is 432 g/mol. The Morgan fingerprint density at radius 2 is 1.67 bits per heavy atom. The summed E-state index contributed by atoms with van der Waals surface area (Å²) < 4.78 is 28.5. The first-order valence-electron chi connectivity index (χ1n) is 9.94. The molecule has 2 aromatic carbocycles. The van der Waals surface area contributed by atoms with Gasteiger partial charge >= 0.3 is 0 Å². The molecule has 7 nitrogen and oxygen atoms in total. The van der Waals surface area contributed by atoms with Gasteiger partial charge in [0.1, 0.15) is 0 Å². The maximum atomic E-state index is 12.9. The van der Waals surface area contributed by atoms with E-state index < -0.39 is 10.0 Å². The van der Waals surface area contributed by atoms with E-state index in [1.165, 1.54) is 0 Å². The fourth-order valence-electron chi connectivity index (χ4n) is 3.03. The quantitative estimate of drug-likeness (QED) is 0.420. The third-order valence-corrected chi connectivity index (χ3v) is 6.28. The molecule has 2 aromatic rings. The Labute approximate surface area is 179 Å². The van der Waals surface area contributed by atoms with Crippen molar-refractivity contribution < 1.29 is 13.2 Å². The van der Waals surface area contributed by atoms with Gasteiger partial charge in [0.05, 0.1) is 4.90 Å². The third-order valence-electron chi connectivity index (χ3n) is 4.76. The number of carbonyl (C=O) groups excluding carboxylic acids is 1. The standard InChI is InChI=1S/C22H32N4O3S/c1-17(2)22(27)23-13-8-14-24-30(28,29)21-12-7-9-18-19(21)10-6-11-20(18)26(5)16-15-25(3)4/h6-7,9-12,24H,1,8,13-16H2,2-5H3,(H,23,27). The van der Waals surface area contributed by atoms with Crippen LogP contribution in [0, 0.1) is 0 Å². The van der Waals surface area contributed by atoms with Crippen LogP contribution in [0.25, 0.3) is 10.8 Å². The molecule has 2 N–H and O–H groups in total. The van der Waals surface area contributed by atoms with E-state index >= 15 is 0 Å². The van der Waals surface area contributed by atoms with Crippen molar-refractivity contribution in [3.63, 3.8) is 0 Å². The van der Waals surface area contributed by atoms with Gasteiger partial charge in [-0.05, 0) is 39.6 Å². The lowest BCUT2D eigenvalue weighted by molar-refractivity contribution is -0.117.